The molecule has 0 bridgehead atoms. The molecule has 3 N–H and O–H groups in total. The Morgan fingerprint density at radius 3 is 2.72 bits per heavy atom. The van der Waals surface area contributed by atoms with E-state index in [0.717, 1.165) is 11.3 Å². The molecule has 4 aromatic rings. The molecule has 0 radical (unpaired) electrons. The number of anilines is 1. The fraction of sp³-hybridized carbons (Fsp3) is 0.222. The van der Waals surface area contributed by atoms with Crippen LogP contribution in [0.15, 0.2) is 51.5 Å². The summed E-state index contributed by atoms with van der Waals surface area (Å²) in [5.74, 6) is -0.103. The standard InChI is InChI=1S/C18H19N11O2S/c1-3-12(11-7-5-4-6-8-11)21-23-17(30)14-13(9-32-18-24-20-10-28(18)2)29(27-22-14)16-15(19)25-31-26-16/h4-8,10H,3,9H2,1-2H3,(H2,19,25)(H,23,30). The molecule has 4 rings (SSSR count). The number of nitrogen functional groups attached to an aromatic ring is 1. The number of aromatic nitrogens is 8. The Bertz CT molecular complexity index is 1240. The number of rotatable bonds is 8. The minimum Gasteiger partial charge on any atom is -0.378 e. The van der Waals surface area contributed by atoms with Gasteiger partial charge in [0.2, 0.25) is 11.6 Å². The van der Waals surface area contributed by atoms with Gasteiger partial charge in [-0.15, -0.1) is 15.3 Å². The number of benzene rings is 1. The highest BCUT2D eigenvalue weighted by Gasteiger charge is 2.24. The van der Waals surface area contributed by atoms with Crippen molar-refractivity contribution in [2.45, 2.75) is 24.3 Å². The second-order valence-electron chi connectivity index (χ2n) is 6.50. The highest BCUT2D eigenvalue weighted by Crippen LogP contribution is 2.24. The van der Waals surface area contributed by atoms with Crippen molar-refractivity contribution in [3.8, 4) is 5.82 Å². The molecule has 164 valence electrons. The van der Waals surface area contributed by atoms with Crippen molar-refractivity contribution in [3.05, 3.63) is 53.6 Å². The third-order valence-corrected chi connectivity index (χ3v) is 5.46. The molecule has 3 aromatic heterocycles. The van der Waals surface area contributed by atoms with Crippen LogP contribution in [0, 0.1) is 0 Å². The van der Waals surface area contributed by atoms with E-state index in [4.69, 9.17) is 5.73 Å². The van der Waals surface area contributed by atoms with Gasteiger partial charge in [-0.25, -0.2) is 10.1 Å². The fourth-order valence-corrected chi connectivity index (χ4v) is 3.68. The van der Waals surface area contributed by atoms with E-state index in [1.165, 1.54) is 16.4 Å². The lowest BCUT2D eigenvalue weighted by molar-refractivity contribution is 0.0949. The van der Waals surface area contributed by atoms with Gasteiger partial charge in [0.05, 0.1) is 11.4 Å². The Morgan fingerprint density at radius 1 is 1.25 bits per heavy atom. The van der Waals surface area contributed by atoms with Gasteiger partial charge in [0.25, 0.3) is 5.91 Å². The molecule has 0 aliphatic rings. The lowest BCUT2D eigenvalue weighted by Crippen LogP contribution is -2.22. The van der Waals surface area contributed by atoms with Crippen LogP contribution in [0.4, 0.5) is 5.82 Å². The number of hydrazone groups is 1. The molecule has 0 saturated heterocycles. The molecule has 0 saturated carbocycles. The lowest BCUT2D eigenvalue weighted by atomic mass is 10.1. The second-order valence-corrected chi connectivity index (χ2v) is 7.44. The van der Waals surface area contributed by atoms with Crippen LogP contribution in [0.1, 0.15) is 35.1 Å². The topological polar surface area (TPSA) is 168 Å². The number of amides is 1. The molecule has 0 fully saturated rings. The average molecular weight is 453 g/mol. The highest BCUT2D eigenvalue weighted by molar-refractivity contribution is 7.98. The molecule has 0 atom stereocenters. The monoisotopic (exact) mass is 453 g/mol. The van der Waals surface area contributed by atoms with Crippen molar-refractivity contribution in [2.24, 2.45) is 12.1 Å². The van der Waals surface area contributed by atoms with Crippen molar-refractivity contribution in [1.82, 2.24) is 45.5 Å². The quantitative estimate of drug-likeness (QED) is 0.225. The number of aryl methyl sites for hydroxylation is 1. The number of carbonyl (C=O) groups is 1. The van der Waals surface area contributed by atoms with Crippen LogP contribution < -0.4 is 11.2 Å². The molecule has 14 heteroatoms. The third kappa shape index (κ3) is 4.34. The zero-order chi connectivity index (χ0) is 22.5. The highest BCUT2D eigenvalue weighted by atomic mass is 32.2. The minimum atomic E-state index is -0.526. The number of nitrogens with two attached hydrogens (primary N) is 1. The number of hydrogen-bond acceptors (Lipinski definition) is 11. The third-order valence-electron chi connectivity index (χ3n) is 4.42. The van der Waals surface area contributed by atoms with E-state index in [1.54, 1.807) is 10.9 Å². The molecule has 0 unspecified atom stereocenters. The van der Waals surface area contributed by atoms with Gasteiger partial charge >= 0.3 is 0 Å². The Morgan fingerprint density at radius 2 is 2.06 bits per heavy atom. The van der Waals surface area contributed by atoms with Crippen molar-refractivity contribution in [2.75, 3.05) is 5.73 Å². The van der Waals surface area contributed by atoms with Crippen molar-refractivity contribution >= 4 is 29.2 Å². The number of nitrogens with zero attached hydrogens (tertiary/aromatic N) is 9. The van der Waals surface area contributed by atoms with Gasteiger partial charge in [-0.2, -0.15) is 9.78 Å². The lowest BCUT2D eigenvalue weighted by Gasteiger charge is -2.06. The van der Waals surface area contributed by atoms with E-state index in [-0.39, 0.29) is 23.1 Å². The minimum absolute atomic E-state index is 0.0159. The summed E-state index contributed by atoms with van der Waals surface area (Å²) in [6.45, 7) is 1.96. The van der Waals surface area contributed by atoms with Gasteiger partial charge in [0.15, 0.2) is 10.9 Å². The van der Waals surface area contributed by atoms with Gasteiger partial charge in [0, 0.05) is 12.8 Å². The first kappa shape index (κ1) is 21.2. The van der Waals surface area contributed by atoms with Gasteiger partial charge < -0.3 is 10.3 Å². The molecule has 32 heavy (non-hydrogen) atoms. The van der Waals surface area contributed by atoms with E-state index < -0.39 is 5.91 Å². The molecule has 1 amide bonds. The molecule has 1 aromatic carbocycles. The predicted octanol–water partition coefficient (Wildman–Crippen LogP) is 1.20. The SMILES string of the molecule is CCC(=NNC(=O)c1nnn(-c2nonc2N)c1CSc1nncn1C)c1ccccc1. The second kappa shape index (κ2) is 9.38. The van der Waals surface area contributed by atoms with Crippen LogP contribution in [0.2, 0.25) is 0 Å². The maximum Gasteiger partial charge on any atom is 0.293 e. The summed E-state index contributed by atoms with van der Waals surface area (Å²) in [5, 5.41) is 28.2. The zero-order valence-corrected chi connectivity index (χ0v) is 18.0. The summed E-state index contributed by atoms with van der Waals surface area (Å²) in [5.41, 5.74) is 10.5. The first-order valence-electron chi connectivity index (χ1n) is 9.50. The molecule has 0 aliphatic heterocycles. The molecular formula is C18H19N11O2S. The predicted molar refractivity (Wildman–Crippen MR) is 115 cm³/mol. The molecular weight excluding hydrogens is 434 g/mol. The van der Waals surface area contributed by atoms with Crippen molar-refractivity contribution < 1.29 is 9.42 Å². The van der Waals surface area contributed by atoms with Crippen molar-refractivity contribution in [1.29, 1.82) is 0 Å². The largest absolute Gasteiger partial charge is 0.378 e. The fourth-order valence-electron chi connectivity index (χ4n) is 2.80. The zero-order valence-electron chi connectivity index (χ0n) is 17.2. The maximum absolute atomic E-state index is 12.9. The van der Waals surface area contributed by atoms with Crippen LogP contribution in [-0.4, -0.2) is 51.7 Å². The Hall–Kier alpha value is -4.07. The summed E-state index contributed by atoms with van der Waals surface area (Å²) in [7, 11) is 1.82. The van der Waals surface area contributed by atoms with E-state index in [2.05, 4.69) is 46.0 Å². The van der Waals surface area contributed by atoms with E-state index >= 15 is 0 Å². The van der Waals surface area contributed by atoms with Gasteiger partial charge in [0.1, 0.15) is 6.33 Å². The molecule has 13 nitrogen and oxygen atoms in total. The number of thioether (sulfide) groups is 1. The van der Waals surface area contributed by atoms with Crippen molar-refractivity contribution in [3.63, 3.8) is 0 Å². The first-order valence-corrected chi connectivity index (χ1v) is 10.5. The van der Waals surface area contributed by atoms with E-state index in [9.17, 15) is 4.79 Å². The van der Waals surface area contributed by atoms with E-state index in [1.807, 2.05) is 44.3 Å². The van der Waals surface area contributed by atoms with Crippen LogP contribution in [-0.2, 0) is 12.8 Å². The van der Waals surface area contributed by atoms with Gasteiger partial charge in [-0.3, -0.25) is 4.79 Å². The summed E-state index contributed by atoms with van der Waals surface area (Å²) in [6, 6.07) is 9.58. The maximum atomic E-state index is 12.9. The van der Waals surface area contributed by atoms with Crippen LogP contribution >= 0.6 is 11.8 Å². The average Bonchev–Trinajstić information content (AvgIpc) is 3.53. The number of hydrogen-bond donors (Lipinski definition) is 2. The number of nitrogens with one attached hydrogen (secondary N) is 1. The number of carbonyl (C=O) groups excluding carboxylic acids is 1. The Labute approximate surface area is 186 Å². The summed E-state index contributed by atoms with van der Waals surface area (Å²) >= 11 is 1.34. The first-order chi connectivity index (χ1) is 15.6. The van der Waals surface area contributed by atoms with Crippen LogP contribution in [0.5, 0.6) is 0 Å². The molecule has 0 aliphatic carbocycles. The smallest absolute Gasteiger partial charge is 0.293 e. The molecule has 0 spiro atoms. The van der Waals surface area contributed by atoms with E-state index in [0.29, 0.717) is 17.3 Å². The Kier molecular flexibility index (Phi) is 6.21. The van der Waals surface area contributed by atoms with Crippen LogP contribution in [0.3, 0.4) is 0 Å². The summed E-state index contributed by atoms with van der Waals surface area (Å²) < 4.78 is 7.73. The molecule has 3 heterocycles. The normalized spacial score (nSPS) is 11.6. The summed E-state index contributed by atoms with van der Waals surface area (Å²) in [6.07, 6.45) is 2.21. The van der Waals surface area contributed by atoms with Crippen LogP contribution in [0.25, 0.3) is 5.82 Å². The summed E-state index contributed by atoms with van der Waals surface area (Å²) in [4.78, 5) is 12.9. The van der Waals surface area contributed by atoms with Gasteiger partial charge in [-0.05, 0) is 22.3 Å². The van der Waals surface area contributed by atoms with Gasteiger partial charge in [-0.1, -0.05) is 54.2 Å². The Balaban J connectivity index is 1.63.